The molecular formula is C20H17NO4. The van der Waals surface area contributed by atoms with E-state index in [1.54, 1.807) is 0 Å². The van der Waals surface area contributed by atoms with Crippen LogP contribution in [0.5, 0.6) is 0 Å². The highest BCUT2D eigenvalue weighted by Crippen LogP contribution is 2.50. The molecular weight excluding hydrogens is 318 g/mol. The second-order valence-electron chi connectivity index (χ2n) is 7.03. The van der Waals surface area contributed by atoms with E-state index in [2.05, 4.69) is 25.1 Å². The number of carbonyl (C=O) groups is 1. The minimum atomic E-state index is -1.18. The molecule has 5 rings (SSSR count). The Labute approximate surface area is 144 Å². The number of carboxylic acid groups (broad SMARTS) is 1. The van der Waals surface area contributed by atoms with Gasteiger partial charge in [0.1, 0.15) is 11.7 Å². The number of nitrogens with zero attached hydrogens (tertiary/aromatic N) is 1. The molecule has 1 N–H and O–H groups in total. The molecule has 3 aliphatic rings. The van der Waals surface area contributed by atoms with Gasteiger partial charge in [-0.25, -0.2) is 4.79 Å². The lowest BCUT2D eigenvalue weighted by atomic mass is 9.89. The van der Waals surface area contributed by atoms with Crippen LogP contribution in [0.25, 0.3) is 11.1 Å². The van der Waals surface area contributed by atoms with Crippen molar-refractivity contribution in [2.24, 2.45) is 0 Å². The Morgan fingerprint density at radius 3 is 2.96 bits per heavy atom. The number of pyridine rings is 1. The number of hydrogen-bond donors (Lipinski definition) is 1. The predicted octanol–water partition coefficient (Wildman–Crippen LogP) is 2.67. The summed E-state index contributed by atoms with van der Waals surface area (Å²) >= 11 is 0. The zero-order chi connectivity index (χ0) is 17.3. The molecule has 25 heavy (non-hydrogen) atoms. The predicted molar refractivity (Wildman–Crippen MR) is 92.8 cm³/mol. The largest absolute Gasteiger partial charge is 0.477 e. The summed E-state index contributed by atoms with van der Waals surface area (Å²) in [6, 6.07) is 7.97. The van der Waals surface area contributed by atoms with Crippen molar-refractivity contribution in [1.82, 2.24) is 4.57 Å². The van der Waals surface area contributed by atoms with Crippen LogP contribution in [0.15, 0.2) is 35.3 Å². The summed E-state index contributed by atoms with van der Waals surface area (Å²) in [5, 5.41) is 9.31. The summed E-state index contributed by atoms with van der Waals surface area (Å²) in [5.41, 5.74) is 6.17. The Morgan fingerprint density at radius 1 is 1.32 bits per heavy atom. The number of fused-ring (bicyclic) bond motifs is 7. The Balaban J connectivity index is 1.78. The van der Waals surface area contributed by atoms with Gasteiger partial charge < -0.3 is 14.4 Å². The van der Waals surface area contributed by atoms with Crippen molar-refractivity contribution in [3.8, 4) is 0 Å². The van der Waals surface area contributed by atoms with Gasteiger partial charge in [0.2, 0.25) is 0 Å². The first-order valence-electron chi connectivity index (χ1n) is 8.49. The molecule has 5 heteroatoms. The van der Waals surface area contributed by atoms with E-state index in [-0.39, 0.29) is 17.7 Å². The van der Waals surface area contributed by atoms with E-state index in [4.69, 9.17) is 4.74 Å². The zero-order valence-electron chi connectivity index (χ0n) is 13.8. The zero-order valence-corrected chi connectivity index (χ0v) is 13.8. The lowest BCUT2D eigenvalue weighted by Crippen LogP contribution is -2.31. The van der Waals surface area contributed by atoms with Crippen molar-refractivity contribution in [2.75, 3.05) is 6.61 Å². The second kappa shape index (κ2) is 4.92. The summed E-state index contributed by atoms with van der Waals surface area (Å²) in [7, 11) is 0. The number of allylic oxidation sites excluding steroid dienone is 1. The van der Waals surface area contributed by atoms with Crippen molar-refractivity contribution < 1.29 is 14.6 Å². The summed E-state index contributed by atoms with van der Waals surface area (Å²) in [5.74, 6) is -1.18. The molecule has 0 radical (unpaired) electrons. The SMILES string of the molecule is Cc1ccc2c(c1)CC1=C2[C@H]2OCC[C@H]2n2cc(C(=O)O)c(=O)cc21. The Bertz CT molecular complexity index is 1030. The third-order valence-electron chi connectivity index (χ3n) is 5.56. The smallest absolute Gasteiger partial charge is 0.341 e. The molecule has 0 spiro atoms. The maximum atomic E-state index is 12.3. The topological polar surface area (TPSA) is 68.5 Å². The van der Waals surface area contributed by atoms with Gasteiger partial charge in [-0.1, -0.05) is 23.8 Å². The van der Waals surface area contributed by atoms with Crippen LogP contribution in [0.3, 0.4) is 0 Å². The molecule has 2 aliphatic heterocycles. The van der Waals surface area contributed by atoms with Crippen molar-refractivity contribution in [2.45, 2.75) is 31.9 Å². The van der Waals surface area contributed by atoms with Gasteiger partial charge in [0.25, 0.3) is 0 Å². The first kappa shape index (κ1) is 14.7. The molecule has 0 bridgehead atoms. The molecule has 1 aromatic carbocycles. The molecule has 0 saturated carbocycles. The number of rotatable bonds is 1. The fraction of sp³-hybridized carbons (Fsp3) is 0.300. The first-order valence-corrected chi connectivity index (χ1v) is 8.49. The van der Waals surface area contributed by atoms with E-state index < -0.39 is 11.4 Å². The lowest BCUT2D eigenvalue weighted by molar-refractivity contribution is 0.0693. The van der Waals surface area contributed by atoms with Gasteiger partial charge in [0.05, 0.1) is 6.04 Å². The third kappa shape index (κ3) is 1.93. The number of benzene rings is 1. The van der Waals surface area contributed by atoms with Crippen LogP contribution in [0.2, 0.25) is 0 Å². The normalized spacial score (nSPS) is 23.1. The van der Waals surface area contributed by atoms with Crippen molar-refractivity contribution in [3.05, 3.63) is 68.6 Å². The minimum absolute atomic E-state index is 0.0414. The molecule has 0 amide bonds. The van der Waals surface area contributed by atoms with Gasteiger partial charge in [-0.05, 0) is 35.6 Å². The van der Waals surface area contributed by atoms with E-state index >= 15 is 0 Å². The number of aryl methyl sites for hydroxylation is 1. The number of carboxylic acids is 1. The van der Waals surface area contributed by atoms with Gasteiger partial charge in [0, 0.05) is 31.0 Å². The van der Waals surface area contributed by atoms with Crippen molar-refractivity contribution in [3.63, 3.8) is 0 Å². The van der Waals surface area contributed by atoms with E-state index in [0.717, 1.165) is 24.1 Å². The highest BCUT2D eigenvalue weighted by molar-refractivity contribution is 6.00. The number of hydrogen-bond acceptors (Lipinski definition) is 3. The van der Waals surface area contributed by atoms with Crippen molar-refractivity contribution in [1.29, 1.82) is 0 Å². The monoisotopic (exact) mass is 335 g/mol. The third-order valence-corrected chi connectivity index (χ3v) is 5.56. The number of aromatic carboxylic acids is 1. The standard InChI is InChI=1S/C20H17NO4/c1-10-2-3-12-11(6-10)7-13-16-8-17(22)14(20(23)24)9-21(16)15-4-5-25-19(15)18(12)13/h2-3,6,8-9,15,19H,4-5,7H2,1H3,(H,23,24)/t15-,19+/m1/s1. The molecule has 1 aromatic heterocycles. The Morgan fingerprint density at radius 2 is 2.16 bits per heavy atom. The molecule has 5 nitrogen and oxygen atoms in total. The van der Waals surface area contributed by atoms with Crippen LogP contribution < -0.4 is 5.43 Å². The number of ether oxygens (including phenoxy) is 1. The molecule has 1 aliphatic carbocycles. The fourth-order valence-corrected chi connectivity index (χ4v) is 4.50. The average molecular weight is 335 g/mol. The highest BCUT2D eigenvalue weighted by Gasteiger charge is 2.43. The maximum Gasteiger partial charge on any atom is 0.341 e. The summed E-state index contributed by atoms with van der Waals surface area (Å²) < 4.78 is 8.00. The second-order valence-corrected chi connectivity index (χ2v) is 7.03. The minimum Gasteiger partial charge on any atom is -0.477 e. The van der Waals surface area contributed by atoms with E-state index in [1.165, 1.54) is 34.5 Å². The molecule has 2 atom stereocenters. The molecule has 0 unspecified atom stereocenters. The average Bonchev–Trinajstić information content (AvgIpc) is 3.17. The van der Waals surface area contributed by atoms with Crippen LogP contribution >= 0.6 is 0 Å². The Hall–Kier alpha value is -2.66. The van der Waals surface area contributed by atoms with Gasteiger partial charge in [-0.3, -0.25) is 4.79 Å². The molecule has 1 fully saturated rings. The molecule has 3 heterocycles. The van der Waals surface area contributed by atoms with Gasteiger partial charge in [0.15, 0.2) is 5.43 Å². The number of aromatic nitrogens is 1. The lowest BCUT2D eigenvalue weighted by Gasteiger charge is -2.32. The highest BCUT2D eigenvalue weighted by atomic mass is 16.5. The van der Waals surface area contributed by atoms with Gasteiger partial charge in [-0.15, -0.1) is 0 Å². The van der Waals surface area contributed by atoms with Crippen LogP contribution in [0.1, 0.15) is 45.2 Å². The first-order chi connectivity index (χ1) is 12.0. The summed E-state index contributed by atoms with van der Waals surface area (Å²) in [6.45, 7) is 2.71. The summed E-state index contributed by atoms with van der Waals surface area (Å²) in [6.07, 6.45) is 3.00. The van der Waals surface area contributed by atoms with Gasteiger partial charge >= 0.3 is 5.97 Å². The Kier molecular flexibility index (Phi) is 2.89. The van der Waals surface area contributed by atoms with E-state index in [0.29, 0.717) is 6.61 Å². The fourth-order valence-electron chi connectivity index (χ4n) is 4.50. The quantitative estimate of drug-likeness (QED) is 0.870. The van der Waals surface area contributed by atoms with Crippen LogP contribution in [0.4, 0.5) is 0 Å². The van der Waals surface area contributed by atoms with Crippen LogP contribution in [-0.2, 0) is 11.2 Å². The van der Waals surface area contributed by atoms with Crippen molar-refractivity contribution >= 4 is 17.1 Å². The maximum absolute atomic E-state index is 12.3. The molecule has 2 aromatic rings. The van der Waals surface area contributed by atoms with Gasteiger partial charge in [-0.2, -0.15) is 0 Å². The molecule has 1 saturated heterocycles. The van der Waals surface area contributed by atoms with Crippen LogP contribution in [-0.4, -0.2) is 28.4 Å². The van der Waals surface area contributed by atoms with Crippen LogP contribution in [0, 0.1) is 6.92 Å². The molecule has 126 valence electrons. The van der Waals surface area contributed by atoms with E-state index in [9.17, 15) is 14.7 Å². The van der Waals surface area contributed by atoms with E-state index in [1.807, 2.05) is 4.57 Å². The summed E-state index contributed by atoms with van der Waals surface area (Å²) in [4.78, 5) is 23.7.